The summed E-state index contributed by atoms with van der Waals surface area (Å²) in [6.45, 7) is 2.16. The third-order valence-corrected chi connectivity index (χ3v) is 5.05. The fraction of sp³-hybridized carbons (Fsp3) is 0.190. The fourth-order valence-corrected chi connectivity index (χ4v) is 3.54. The van der Waals surface area contributed by atoms with Gasteiger partial charge in [0.2, 0.25) is 0 Å². The Labute approximate surface area is 168 Å². The van der Waals surface area contributed by atoms with Crippen LogP contribution in [0.25, 0.3) is 0 Å². The fourth-order valence-electron chi connectivity index (χ4n) is 2.59. The highest BCUT2D eigenvalue weighted by Crippen LogP contribution is 2.28. The van der Waals surface area contributed by atoms with Crippen LogP contribution >= 0.6 is 11.8 Å². The van der Waals surface area contributed by atoms with Crippen molar-refractivity contribution in [3.8, 4) is 17.6 Å². The first-order valence-electron chi connectivity index (χ1n) is 8.62. The number of aromatic nitrogens is 2. The lowest BCUT2D eigenvalue weighted by atomic mass is 10.1. The maximum Gasteiger partial charge on any atom is 0.190 e. The average Bonchev–Trinajstić information content (AvgIpc) is 2.71. The predicted molar refractivity (Wildman–Crippen MR) is 109 cm³/mol. The van der Waals surface area contributed by atoms with Gasteiger partial charge in [0.1, 0.15) is 29.8 Å². The van der Waals surface area contributed by atoms with E-state index in [-0.39, 0.29) is 18.0 Å². The number of methoxy groups -OCH3 is 1. The van der Waals surface area contributed by atoms with Gasteiger partial charge in [-0.25, -0.2) is 9.97 Å². The number of hydrogen-bond donors (Lipinski definition) is 1. The Morgan fingerprint density at radius 3 is 2.50 bits per heavy atom. The summed E-state index contributed by atoms with van der Waals surface area (Å²) in [7, 11) is 1.58. The molecule has 1 aromatic heterocycles. The van der Waals surface area contributed by atoms with E-state index in [1.807, 2.05) is 24.3 Å². The highest BCUT2D eigenvalue weighted by Gasteiger charge is 2.15. The zero-order valence-corrected chi connectivity index (χ0v) is 16.5. The van der Waals surface area contributed by atoms with Crippen molar-refractivity contribution in [2.45, 2.75) is 24.4 Å². The van der Waals surface area contributed by atoms with Crippen LogP contribution in [0.3, 0.4) is 0 Å². The van der Waals surface area contributed by atoms with Gasteiger partial charge in [-0.3, -0.25) is 0 Å². The first kappa shape index (κ1) is 19.5. The maximum absolute atomic E-state index is 9.44. The summed E-state index contributed by atoms with van der Waals surface area (Å²) >= 11 is 1.47. The molecular formula is C21H20N4O2S. The Morgan fingerprint density at radius 1 is 1.07 bits per heavy atom. The van der Waals surface area contributed by atoms with Crippen LogP contribution in [-0.2, 0) is 12.4 Å². The highest BCUT2D eigenvalue weighted by atomic mass is 32.2. The Bertz CT molecular complexity index is 1020. The number of aryl methyl sites for hydroxylation is 1. The van der Waals surface area contributed by atoms with Crippen LogP contribution in [0.2, 0.25) is 0 Å². The second kappa shape index (κ2) is 9.11. The van der Waals surface area contributed by atoms with Crippen molar-refractivity contribution in [1.29, 1.82) is 5.26 Å². The highest BCUT2D eigenvalue weighted by molar-refractivity contribution is 7.98. The summed E-state index contributed by atoms with van der Waals surface area (Å²) in [6.07, 6.45) is 0. The molecule has 0 fully saturated rings. The Kier molecular flexibility index (Phi) is 6.35. The van der Waals surface area contributed by atoms with E-state index in [2.05, 4.69) is 35.1 Å². The van der Waals surface area contributed by atoms with Crippen LogP contribution in [0.4, 0.5) is 5.82 Å². The molecule has 0 radical (unpaired) electrons. The van der Waals surface area contributed by atoms with Gasteiger partial charge in [-0.15, -0.1) is 0 Å². The van der Waals surface area contributed by atoms with Crippen molar-refractivity contribution < 1.29 is 9.47 Å². The number of thioether (sulfide) groups is 1. The lowest BCUT2D eigenvalue weighted by molar-refractivity contribution is 0.279. The number of nitrogen functional groups attached to an aromatic ring is 1. The maximum atomic E-state index is 9.44. The van der Waals surface area contributed by atoms with Crippen LogP contribution in [0.1, 0.15) is 22.4 Å². The smallest absolute Gasteiger partial charge is 0.190 e. The number of rotatable bonds is 7. The van der Waals surface area contributed by atoms with Crippen molar-refractivity contribution in [3.63, 3.8) is 0 Å². The normalized spacial score (nSPS) is 10.3. The number of hydrogen-bond acceptors (Lipinski definition) is 7. The molecule has 2 N–H and O–H groups in total. The quantitative estimate of drug-likeness (QED) is 0.477. The number of anilines is 1. The SMILES string of the molecule is COc1ccccc1OCc1nc(SCc2ccccc2C)nc(N)c1C#N. The van der Waals surface area contributed by atoms with Crippen LogP contribution in [0.15, 0.2) is 53.7 Å². The topological polar surface area (TPSA) is 94.1 Å². The first-order chi connectivity index (χ1) is 13.6. The molecule has 0 unspecified atom stereocenters. The van der Waals surface area contributed by atoms with Crippen molar-refractivity contribution in [1.82, 2.24) is 9.97 Å². The Balaban J connectivity index is 1.80. The molecule has 0 aliphatic rings. The molecule has 0 aliphatic heterocycles. The molecule has 3 aromatic rings. The number of ether oxygens (including phenoxy) is 2. The molecule has 0 amide bonds. The monoisotopic (exact) mass is 392 g/mol. The van der Waals surface area contributed by atoms with E-state index in [1.165, 1.54) is 22.9 Å². The van der Waals surface area contributed by atoms with Gasteiger partial charge in [0.05, 0.1) is 7.11 Å². The van der Waals surface area contributed by atoms with Gasteiger partial charge in [0, 0.05) is 5.75 Å². The van der Waals surface area contributed by atoms with Gasteiger partial charge in [-0.1, -0.05) is 48.2 Å². The summed E-state index contributed by atoms with van der Waals surface area (Å²) in [4.78, 5) is 8.77. The van der Waals surface area contributed by atoms with Crippen LogP contribution in [-0.4, -0.2) is 17.1 Å². The number of nitriles is 1. The van der Waals surface area contributed by atoms with E-state index in [0.29, 0.717) is 28.1 Å². The van der Waals surface area contributed by atoms with Gasteiger partial charge in [-0.2, -0.15) is 5.26 Å². The zero-order chi connectivity index (χ0) is 19.9. The number of benzene rings is 2. The van der Waals surface area contributed by atoms with Crippen LogP contribution in [0.5, 0.6) is 11.5 Å². The summed E-state index contributed by atoms with van der Waals surface area (Å²) < 4.78 is 11.1. The van der Waals surface area contributed by atoms with Gasteiger partial charge in [0.15, 0.2) is 16.7 Å². The van der Waals surface area contributed by atoms with Crippen molar-refractivity contribution in [3.05, 3.63) is 70.9 Å². The lowest BCUT2D eigenvalue weighted by Crippen LogP contribution is -2.08. The molecule has 7 heteroatoms. The minimum atomic E-state index is 0.0912. The lowest BCUT2D eigenvalue weighted by Gasteiger charge is -2.12. The summed E-state index contributed by atoms with van der Waals surface area (Å²) in [5.74, 6) is 2.05. The molecule has 2 aromatic carbocycles. The second-order valence-electron chi connectivity index (χ2n) is 5.98. The number of nitrogens with two attached hydrogens (primary N) is 1. The van der Waals surface area contributed by atoms with Crippen molar-refractivity contribution >= 4 is 17.6 Å². The molecule has 28 heavy (non-hydrogen) atoms. The zero-order valence-electron chi connectivity index (χ0n) is 15.7. The Morgan fingerprint density at radius 2 is 1.79 bits per heavy atom. The second-order valence-corrected chi connectivity index (χ2v) is 6.92. The molecule has 0 saturated carbocycles. The van der Waals surface area contributed by atoms with E-state index in [4.69, 9.17) is 15.2 Å². The largest absolute Gasteiger partial charge is 0.493 e. The molecule has 3 rings (SSSR count). The standard InChI is InChI=1S/C21H20N4O2S/c1-14-7-3-4-8-15(14)13-28-21-24-17(16(11-22)20(23)25-21)12-27-19-10-6-5-9-18(19)26-2/h3-10H,12-13H2,1-2H3,(H2,23,24,25). The molecular weight excluding hydrogens is 372 g/mol. The molecule has 6 nitrogen and oxygen atoms in total. The predicted octanol–water partition coefficient (Wildman–Crippen LogP) is 4.12. The van der Waals surface area contributed by atoms with E-state index >= 15 is 0 Å². The van der Waals surface area contributed by atoms with Crippen LogP contribution in [0, 0.1) is 18.3 Å². The molecule has 0 atom stereocenters. The first-order valence-corrected chi connectivity index (χ1v) is 9.60. The number of nitrogens with zero attached hydrogens (tertiary/aromatic N) is 3. The molecule has 0 saturated heterocycles. The van der Waals surface area contributed by atoms with E-state index in [9.17, 15) is 5.26 Å². The van der Waals surface area contributed by atoms with E-state index < -0.39 is 0 Å². The van der Waals surface area contributed by atoms with Gasteiger partial charge in [-0.05, 0) is 30.2 Å². The molecule has 142 valence electrons. The van der Waals surface area contributed by atoms with Gasteiger partial charge < -0.3 is 15.2 Å². The summed E-state index contributed by atoms with van der Waals surface area (Å²) in [5.41, 5.74) is 9.08. The molecule has 1 heterocycles. The van der Waals surface area contributed by atoms with Crippen molar-refractivity contribution in [2.75, 3.05) is 12.8 Å². The Hall–Kier alpha value is -3.24. The molecule has 0 bridgehead atoms. The minimum Gasteiger partial charge on any atom is -0.493 e. The van der Waals surface area contributed by atoms with E-state index in [1.54, 1.807) is 19.2 Å². The third kappa shape index (κ3) is 4.53. The minimum absolute atomic E-state index is 0.0912. The van der Waals surface area contributed by atoms with E-state index in [0.717, 1.165) is 0 Å². The van der Waals surface area contributed by atoms with Gasteiger partial charge in [0.25, 0.3) is 0 Å². The molecule has 0 aliphatic carbocycles. The summed E-state index contributed by atoms with van der Waals surface area (Å²) in [6, 6.07) is 17.5. The average molecular weight is 392 g/mol. The van der Waals surface area contributed by atoms with Crippen LogP contribution < -0.4 is 15.2 Å². The number of para-hydroxylation sites is 2. The summed E-state index contributed by atoms with van der Waals surface area (Å²) in [5, 5.41) is 9.95. The van der Waals surface area contributed by atoms with Gasteiger partial charge >= 0.3 is 0 Å². The third-order valence-electron chi connectivity index (χ3n) is 4.15. The molecule has 0 spiro atoms. The van der Waals surface area contributed by atoms with Crippen molar-refractivity contribution in [2.24, 2.45) is 0 Å².